The molecule has 1 aliphatic heterocycles. The number of ether oxygens (including phenoxy) is 2. The summed E-state index contributed by atoms with van der Waals surface area (Å²) >= 11 is 0. The highest BCUT2D eigenvalue weighted by atomic mass is 19.1. The molecule has 102 valence electrons. The van der Waals surface area contributed by atoms with E-state index >= 15 is 0 Å². The van der Waals surface area contributed by atoms with Gasteiger partial charge >= 0.3 is 0 Å². The van der Waals surface area contributed by atoms with E-state index in [9.17, 15) is 4.39 Å². The fourth-order valence-corrected chi connectivity index (χ4v) is 1.98. The lowest BCUT2D eigenvalue weighted by Crippen LogP contribution is -2.23. The van der Waals surface area contributed by atoms with Crippen molar-refractivity contribution in [2.45, 2.75) is 25.6 Å². The van der Waals surface area contributed by atoms with Crippen LogP contribution in [0.1, 0.15) is 24.0 Å². The average Bonchev–Trinajstić information content (AvgIpc) is 2.45. The SMILES string of the molecule is OCC#Cc1cc(F)ccc1COC1CCOCC1. The number of hydrogen-bond acceptors (Lipinski definition) is 3. The predicted octanol–water partition coefficient (Wildman–Crippen LogP) is 1.87. The fourth-order valence-electron chi connectivity index (χ4n) is 1.98. The molecule has 0 unspecified atom stereocenters. The summed E-state index contributed by atoms with van der Waals surface area (Å²) in [6, 6.07) is 4.44. The third kappa shape index (κ3) is 4.32. The monoisotopic (exact) mass is 264 g/mol. The van der Waals surface area contributed by atoms with Crippen molar-refractivity contribution in [1.29, 1.82) is 0 Å². The number of halogens is 1. The van der Waals surface area contributed by atoms with Crippen LogP contribution in [0, 0.1) is 17.7 Å². The Morgan fingerprint density at radius 1 is 1.37 bits per heavy atom. The van der Waals surface area contributed by atoms with Gasteiger partial charge in [0.1, 0.15) is 12.4 Å². The minimum Gasteiger partial charge on any atom is -0.384 e. The van der Waals surface area contributed by atoms with Gasteiger partial charge in [-0.05, 0) is 30.5 Å². The summed E-state index contributed by atoms with van der Waals surface area (Å²) in [6.07, 6.45) is 1.97. The van der Waals surface area contributed by atoms with Crippen molar-refractivity contribution >= 4 is 0 Å². The first kappa shape index (κ1) is 14.0. The quantitative estimate of drug-likeness (QED) is 0.847. The van der Waals surface area contributed by atoms with Gasteiger partial charge < -0.3 is 14.6 Å². The van der Waals surface area contributed by atoms with Crippen LogP contribution in [0.2, 0.25) is 0 Å². The molecule has 19 heavy (non-hydrogen) atoms. The number of aliphatic hydroxyl groups excluding tert-OH is 1. The van der Waals surface area contributed by atoms with E-state index in [1.165, 1.54) is 12.1 Å². The summed E-state index contributed by atoms with van der Waals surface area (Å²) in [4.78, 5) is 0. The second-order valence-corrected chi connectivity index (χ2v) is 4.38. The summed E-state index contributed by atoms with van der Waals surface area (Å²) in [5.41, 5.74) is 1.41. The third-order valence-corrected chi connectivity index (χ3v) is 3.02. The highest BCUT2D eigenvalue weighted by Gasteiger charge is 2.14. The molecular weight excluding hydrogens is 247 g/mol. The largest absolute Gasteiger partial charge is 0.384 e. The van der Waals surface area contributed by atoms with Gasteiger partial charge in [-0.2, -0.15) is 0 Å². The molecule has 0 aliphatic carbocycles. The Morgan fingerprint density at radius 2 is 2.16 bits per heavy atom. The maximum Gasteiger partial charge on any atom is 0.124 e. The Morgan fingerprint density at radius 3 is 2.89 bits per heavy atom. The Balaban J connectivity index is 2.02. The molecule has 0 radical (unpaired) electrons. The van der Waals surface area contributed by atoms with Crippen LogP contribution in [0.3, 0.4) is 0 Å². The van der Waals surface area contributed by atoms with Crippen molar-refractivity contribution in [3.05, 3.63) is 35.1 Å². The molecular formula is C15H17FO3. The predicted molar refractivity (Wildman–Crippen MR) is 69.0 cm³/mol. The van der Waals surface area contributed by atoms with Gasteiger partial charge in [0.25, 0.3) is 0 Å². The molecule has 0 spiro atoms. The average molecular weight is 264 g/mol. The van der Waals surface area contributed by atoms with Crippen LogP contribution in [-0.4, -0.2) is 31.0 Å². The van der Waals surface area contributed by atoms with Crippen LogP contribution in [0.15, 0.2) is 18.2 Å². The molecule has 1 aromatic rings. The van der Waals surface area contributed by atoms with Crippen molar-refractivity contribution < 1.29 is 19.0 Å². The van der Waals surface area contributed by atoms with Gasteiger partial charge in [0.05, 0.1) is 12.7 Å². The molecule has 0 amide bonds. The summed E-state index contributed by atoms with van der Waals surface area (Å²) in [5.74, 6) is 4.94. The van der Waals surface area contributed by atoms with Crippen LogP contribution in [0.25, 0.3) is 0 Å². The van der Waals surface area contributed by atoms with Crippen LogP contribution < -0.4 is 0 Å². The Kier molecular flexibility index (Phi) is 5.34. The molecule has 0 aromatic heterocycles. The van der Waals surface area contributed by atoms with Gasteiger partial charge in [-0.1, -0.05) is 17.9 Å². The van der Waals surface area contributed by atoms with Crippen molar-refractivity contribution in [1.82, 2.24) is 0 Å². The lowest BCUT2D eigenvalue weighted by Gasteiger charge is -2.22. The molecule has 0 bridgehead atoms. The molecule has 0 saturated carbocycles. The zero-order valence-electron chi connectivity index (χ0n) is 10.7. The lowest BCUT2D eigenvalue weighted by molar-refractivity contribution is -0.0391. The standard InChI is InChI=1S/C15H17FO3/c16-14-4-3-13(12(10-14)2-1-7-17)11-19-15-5-8-18-9-6-15/h3-4,10,15,17H,5-9,11H2. The van der Waals surface area contributed by atoms with Crippen LogP contribution in [0.5, 0.6) is 0 Å². The smallest absolute Gasteiger partial charge is 0.124 e. The van der Waals surface area contributed by atoms with Gasteiger partial charge in [0.2, 0.25) is 0 Å². The first-order valence-corrected chi connectivity index (χ1v) is 6.37. The highest BCUT2D eigenvalue weighted by Crippen LogP contribution is 2.16. The van der Waals surface area contributed by atoms with Crippen molar-refractivity contribution in [3.8, 4) is 11.8 Å². The number of hydrogen-bond donors (Lipinski definition) is 1. The molecule has 1 heterocycles. The molecule has 1 aromatic carbocycles. The van der Waals surface area contributed by atoms with E-state index in [1.54, 1.807) is 6.07 Å². The Bertz CT molecular complexity index is 470. The first-order chi connectivity index (χ1) is 9.29. The molecule has 1 aliphatic rings. The minimum absolute atomic E-state index is 0.192. The molecule has 0 atom stereocenters. The van der Waals surface area contributed by atoms with E-state index in [0.717, 1.165) is 31.6 Å². The van der Waals surface area contributed by atoms with E-state index in [2.05, 4.69) is 11.8 Å². The topological polar surface area (TPSA) is 38.7 Å². The van der Waals surface area contributed by atoms with Crippen molar-refractivity contribution in [3.63, 3.8) is 0 Å². The van der Waals surface area contributed by atoms with Gasteiger partial charge in [-0.25, -0.2) is 4.39 Å². The van der Waals surface area contributed by atoms with Gasteiger partial charge in [-0.3, -0.25) is 0 Å². The number of benzene rings is 1. The first-order valence-electron chi connectivity index (χ1n) is 6.37. The van der Waals surface area contributed by atoms with E-state index < -0.39 is 0 Å². The highest BCUT2D eigenvalue weighted by molar-refractivity contribution is 5.41. The summed E-state index contributed by atoms with van der Waals surface area (Å²) in [5, 5.41) is 8.71. The molecule has 3 nitrogen and oxygen atoms in total. The zero-order chi connectivity index (χ0) is 13.5. The molecule has 1 N–H and O–H groups in total. The van der Waals surface area contributed by atoms with Gasteiger partial charge in [0.15, 0.2) is 0 Å². The van der Waals surface area contributed by atoms with E-state index in [0.29, 0.717) is 12.2 Å². The maximum absolute atomic E-state index is 13.2. The molecule has 1 saturated heterocycles. The summed E-state index contributed by atoms with van der Waals surface area (Å²) in [6.45, 7) is 1.62. The number of aliphatic hydroxyl groups is 1. The van der Waals surface area contributed by atoms with Crippen molar-refractivity contribution in [2.24, 2.45) is 0 Å². The molecule has 2 rings (SSSR count). The second kappa shape index (κ2) is 7.25. The number of rotatable bonds is 3. The molecule has 1 fully saturated rings. The van der Waals surface area contributed by atoms with E-state index in [-0.39, 0.29) is 18.5 Å². The normalized spacial score (nSPS) is 15.9. The Hall–Kier alpha value is -1.41. The van der Waals surface area contributed by atoms with E-state index in [4.69, 9.17) is 14.6 Å². The second-order valence-electron chi connectivity index (χ2n) is 4.38. The maximum atomic E-state index is 13.2. The third-order valence-electron chi connectivity index (χ3n) is 3.02. The van der Waals surface area contributed by atoms with Crippen molar-refractivity contribution in [2.75, 3.05) is 19.8 Å². The molecule has 4 heteroatoms. The lowest BCUT2D eigenvalue weighted by atomic mass is 10.1. The van der Waals surface area contributed by atoms with Crippen LogP contribution in [-0.2, 0) is 16.1 Å². The summed E-state index contributed by atoms with van der Waals surface area (Å²) < 4.78 is 24.2. The minimum atomic E-state index is -0.336. The van der Waals surface area contributed by atoms with Gasteiger partial charge in [-0.15, -0.1) is 0 Å². The van der Waals surface area contributed by atoms with E-state index in [1.807, 2.05) is 0 Å². The van der Waals surface area contributed by atoms with Gasteiger partial charge in [0, 0.05) is 18.8 Å². The fraction of sp³-hybridized carbons (Fsp3) is 0.467. The Labute approximate surface area is 112 Å². The summed E-state index contributed by atoms with van der Waals surface area (Å²) in [7, 11) is 0. The van der Waals surface area contributed by atoms with Crippen LogP contribution >= 0.6 is 0 Å². The zero-order valence-corrected chi connectivity index (χ0v) is 10.7. The van der Waals surface area contributed by atoms with Crippen LogP contribution in [0.4, 0.5) is 4.39 Å².